The lowest BCUT2D eigenvalue weighted by molar-refractivity contribution is -0.133. The highest BCUT2D eigenvalue weighted by molar-refractivity contribution is 6.30. The number of hydrogen-bond donors (Lipinski definition) is 1. The molecule has 2 aliphatic heterocycles. The smallest absolute Gasteiger partial charge is 0.326 e. The van der Waals surface area contributed by atoms with Crippen molar-refractivity contribution in [1.82, 2.24) is 15.1 Å². The molecule has 0 radical (unpaired) electrons. The second kappa shape index (κ2) is 8.92. The number of carbonyl (C=O) groups excluding carboxylic acids is 3. The van der Waals surface area contributed by atoms with E-state index in [1.54, 1.807) is 25.1 Å². The molecule has 0 unspecified atom stereocenters. The van der Waals surface area contributed by atoms with Crippen molar-refractivity contribution in [3.05, 3.63) is 64.7 Å². The van der Waals surface area contributed by atoms with Crippen molar-refractivity contribution in [2.24, 2.45) is 0 Å². The number of benzene rings is 2. The summed E-state index contributed by atoms with van der Waals surface area (Å²) in [5.41, 5.74) is 1.38. The number of nitrogens with one attached hydrogen (secondary N) is 1. The zero-order valence-electron chi connectivity index (χ0n) is 18.3. The van der Waals surface area contributed by atoms with Crippen LogP contribution in [0.3, 0.4) is 0 Å². The molecule has 0 aromatic heterocycles. The van der Waals surface area contributed by atoms with Gasteiger partial charge in [0.05, 0.1) is 6.67 Å². The van der Waals surface area contributed by atoms with Gasteiger partial charge >= 0.3 is 6.03 Å². The van der Waals surface area contributed by atoms with Gasteiger partial charge in [0.2, 0.25) is 0 Å². The number of anilines is 1. The number of nitrogens with zero attached hydrogens (tertiary/aromatic N) is 3. The van der Waals surface area contributed by atoms with Crippen molar-refractivity contribution in [3.8, 4) is 0 Å². The van der Waals surface area contributed by atoms with Crippen LogP contribution in [0.1, 0.15) is 36.2 Å². The van der Waals surface area contributed by atoms with E-state index < -0.39 is 5.54 Å². The Bertz CT molecular complexity index is 1030. The maximum atomic E-state index is 13.4. The van der Waals surface area contributed by atoms with Crippen LogP contribution in [-0.4, -0.2) is 60.4 Å². The minimum Gasteiger partial charge on any atom is -0.369 e. The number of carbonyl (C=O) groups is 3. The zero-order valence-corrected chi connectivity index (χ0v) is 19.1. The van der Waals surface area contributed by atoms with Crippen LogP contribution in [0.4, 0.5) is 10.5 Å². The van der Waals surface area contributed by atoms with Crippen LogP contribution < -0.4 is 10.2 Å². The molecule has 3 amide bonds. The first-order valence-corrected chi connectivity index (χ1v) is 11.2. The summed E-state index contributed by atoms with van der Waals surface area (Å²) in [5, 5.41) is 3.44. The first-order valence-electron chi connectivity index (χ1n) is 10.8. The molecule has 0 aliphatic carbocycles. The summed E-state index contributed by atoms with van der Waals surface area (Å²) in [6, 6.07) is 14.3. The van der Waals surface area contributed by atoms with E-state index in [0.717, 1.165) is 31.9 Å². The number of piperazine rings is 1. The third-order valence-corrected chi connectivity index (χ3v) is 6.61. The lowest BCUT2D eigenvalue weighted by atomic mass is 9.87. The molecule has 2 aliphatic rings. The van der Waals surface area contributed by atoms with Gasteiger partial charge in [0.25, 0.3) is 5.91 Å². The average molecular weight is 455 g/mol. The van der Waals surface area contributed by atoms with E-state index in [4.69, 9.17) is 11.6 Å². The van der Waals surface area contributed by atoms with Gasteiger partial charge in [0.15, 0.2) is 5.78 Å². The Kier molecular flexibility index (Phi) is 6.22. The van der Waals surface area contributed by atoms with Gasteiger partial charge < -0.3 is 10.2 Å². The fraction of sp³-hybridized carbons (Fsp3) is 0.375. The molecule has 2 fully saturated rings. The highest BCUT2D eigenvalue weighted by Gasteiger charge is 2.51. The molecule has 7 nitrogen and oxygen atoms in total. The minimum absolute atomic E-state index is 0.0517. The number of ketones is 1. The van der Waals surface area contributed by atoms with Gasteiger partial charge in [-0.3, -0.25) is 14.5 Å². The first kappa shape index (κ1) is 22.3. The summed E-state index contributed by atoms with van der Waals surface area (Å²) in [7, 11) is 0. The molecule has 2 heterocycles. The minimum atomic E-state index is -1.08. The summed E-state index contributed by atoms with van der Waals surface area (Å²) in [6.07, 6.45) is 0.443. The van der Waals surface area contributed by atoms with Gasteiger partial charge in [0, 0.05) is 42.5 Å². The normalized spacial score (nSPS) is 21.7. The number of amides is 3. The highest BCUT2D eigenvalue weighted by Crippen LogP contribution is 2.33. The summed E-state index contributed by atoms with van der Waals surface area (Å²) >= 11 is 6.14. The van der Waals surface area contributed by atoms with Gasteiger partial charge in [-0.25, -0.2) is 9.69 Å². The van der Waals surface area contributed by atoms with Gasteiger partial charge in [-0.15, -0.1) is 0 Å². The Morgan fingerprint density at radius 1 is 1.06 bits per heavy atom. The topological polar surface area (TPSA) is 73.0 Å². The standard InChI is InChI=1S/C24H27ClN4O3/c1-3-24(19-5-4-6-20(25)15-19)22(31)29(23(32)26-24)16-27-11-13-28(14-12-27)21-9-7-18(8-10-21)17(2)30/h4-10,15H,3,11-14,16H2,1-2H3,(H,26,32)/t24-/m1/s1. The van der Waals surface area contributed by atoms with E-state index in [1.807, 2.05) is 37.3 Å². The van der Waals surface area contributed by atoms with Crippen LogP contribution in [0.15, 0.2) is 48.5 Å². The van der Waals surface area contributed by atoms with Crippen molar-refractivity contribution in [2.75, 3.05) is 37.7 Å². The van der Waals surface area contributed by atoms with Crippen LogP contribution in [-0.2, 0) is 10.3 Å². The number of urea groups is 1. The van der Waals surface area contributed by atoms with Crippen LogP contribution >= 0.6 is 11.6 Å². The van der Waals surface area contributed by atoms with Gasteiger partial charge in [-0.2, -0.15) is 0 Å². The average Bonchev–Trinajstić information content (AvgIpc) is 3.05. The van der Waals surface area contributed by atoms with Crippen molar-refractivity contribution < 1.29 is 14.4 Å². The zero-order chi connectivity index (χ0) is 22.9. The molecule has 1 N–H and O–H groups in total. The van der Waals surface area contributed by atoms with Crippen molar-refractivity contribution >= 4 is 35.0 Å². The molecule has 1 atom stereocenters. The molecule has 168 valence electrons. The lowest BCUT2D eigenvalue weighted by Crippen LogP contribution is -2.51. The lowest BCUT2D eigenvalue weighted by Gasteiger charge is -2.37. The maximum Gasteiger partial charge on any atom is 0.326 e. The summed E-state index contributed by atoms with van der Waals surface area (Å²) in [6.45, 7) is 6.70. The SMILES string of the molecule is CC[C@]1(c2cccc(Cl)c2)NC(=O)N(CN2CCN(c3ccc(C(C)=O)cc3)CC2)C1=O. The molecule has 0 spiro atoms. The van der Waals surface area contributed by atoms with Gasteiger partial charge in [-0.1, -0.05) is 30.7 Å². The second-order valence-corrected chi connectivity index (χ2v) is 8.72. The van der Waals surface area contributed by atoms with Gasteiger partial charge in [-0.05, 0) is 55.3 Å². The Hall–Kier alpha value is -2.90. The van der Waals surface area contributed by atoms with E-state index in [0.29, 0.717) is 22.6 Å². The molecule has 32 heavy (non-hydrogen) atoms. The Balaban J connectivity index is 1.41. The molecular weight excluding hydrogens is 428 g/mol. The third kappa shape index (κ3) is 4.10. The Morgan fingerprint density at radius 2 is 1.75 bits per heavy atom. The third-order valence-electron chi connectivity index (χ3n) is 6.38. The predicted octanol–water partition coefficient (Wildman–Crippen LogP) is 3.48. The van der Waals surface area contributed by atoms with Crippen molar-refractivity contribution in [3.63, 3.8) is 0 Å². The fourth-order valence-electron chi connectivity index (χ4n) is 4.40. The predicted molar refractivity (Wildman–Crippen MR) is 124 cm³/mol. The van der Waals surface area contributed by atoms with E-state index >= 15 is 0 Å². The van der Waals surface area contributed by atoms with E-state index in [-0.39, 0.29) is 24.4 Å². The number of imide groups is 1. The number of halogens is 1. The van der Waals surface area contributed by atoms with E-state index in [9.17, 15) is 14.4 Å². The van der Waals surface area contributed by atoms with Gasteiger partial charge in [0.1, 0.15) is 5.54 Å². The molecule has 0 bridgehead atoms. The Labute approximate surface area is 192 Å². The molecular formula is C24H27ClN4O3. The van der Waals surface area contributed by atoms with Crippen molar-refractivity contribution in [2.45, 2.75) is 25.8 Å². The number of hydrogen-bond acceptors (Lipinski definition) is 5. The quantitative estimate of drug-likeness (QED) is 0.534. The van der Waals surface area contributed by atoms with Crippen LogP contribution in [0.25, 0.3) is 0 Å². The molecule has 0 saturated carbocycles. The number of Topliss-reactive ketones (excluding diaryl/α,β-unsaturated/α-hetero) is 1. The van der Waals surface area contributed by atoms with Crippen LogP contribution in [0.5, 0.6) is 0 Å². The Morgan fingerprint density at radius 3 is 2.34 bits per heavy atom. The first-order chi connectivity index (χ1) is 15.3. The largest absolute Gasteiger partial charge is 0.369 e. The van der Waals surface area contributed by atoms with Crippen molar-refractivity contribution in [1.29, 1.82) is 0 Å². The molecule has 2 saturated heterocycles. The highest BCUT2D eigenvalue weighted by atomic mass is 35.5. The maximum absolute atomic E-state index is 13.4. The number of rotatable bonds is 6. The second-order valence-electron chi connectivity index (χ2n) is 8.28. The summed E-state index contributed by atoms with van der Waals surface area (Å²) < 4.78 is 0. The summed E-state index contributed by atoms with van der Waals surface area (Å²) in [4.78, 5) is 43.3. The van der Waals surface area contributed by atoms with E-state index in [1.165, 1.54) is 4.90 Å². The monoisotopic (exact) mass is 454 g/mol. The van der Waals surface area contributed by atoms with Crippen LogP contribution in [0, 0.1) is 0 Å². The fourth-order valence-corrected chi connectivity index (χ4v) is 4.59. The molecule has 8 heteroatoms. The molecule has 2 aromatic carbocycles. The summed E-state index contributed by atoms with van der Waals surface area (Å²) in [5.74, 6) is -0.189. The van der Waals surface area contributed by atoms with Crippen LogP contribution in [0.2, 0.25) is 5.02 Å². The molecule has 2 aromatic rings. The van der Waals surface area contributed by atoms with E-state index in [2.05, 4.69) is 15.1 Å². The molecule has 4 rings (SSSR count).